The second kappa shape index (κ2) is 11.0. The molecule has 7 nitrogen and oxygen atoms in total. The first-order chi connectivity index (χ1) is 14.8. The molecule has 31 heavy (non-hydrogen) atoms. The van der Waals surface area contributed by atoms with Crippen molar-refractivity contribution in [3.63, 3.8) is 0 Å². The molecule has 0 bridgehead atoms. The van der Waals surface area contributed by atoms with E-state index in [-0.39, 0.29) is 11.7 Å². The van der Waals surface area contributed by atoms with Crippen LogP contribution in [0.4, 0.5) is 5.69 Å². The minimum atomic E-state index is -0.607. The minimum absolute atomic E-state index is 0.107. The maximum atomic E-state index is 12.5. The van der Waals surface area contributed by atoms with Crippen molar-refractivity contribution in [2.45, 2.75) is 26.9 Å². The molecule has 1 N–H and O–H groups in total. The van der Waals surface area contributed by atoms with Gasteiger partial charge in [0.1, 0.15) is 11.6 Å². The molecule has 2 rings (SSSR count). The fourth-order valence-electron chi connectivity index (χ4n) is 2.61. The monoisotopic (exact) mass is 442 g/mol. The number of esters is 1. The number of amides is 1. The van der Waals surface area contributed by atoms with Crippen molar-refractivity contribution in [1.29, 1.82) is 5.26 Å². The molecule has 0 unspecified atom stereocenters. The first-order valence-electron chi connectivity index (χ1n) is 9.53. The van der Waals surface area contributed by atoms with E-state index in [9.17, 15) is 14.9 Å². The van der Waals surface area contributed by atoms with Crippen LogP contribution in [0.2, 0.25) is 5.02 Å². The first kappa shape index (κ1) is 23.8. The van der Waals surface area contributed by atoms with Gasteiger partial charge in [-0.3, -0.25) is 4.79 Å². The topological polar surface area (TPSA) is 97.7 Å². The molecule has 2 aromatic carbocycles. The number of anilines is 1. The predicted octanol–water partition coefficient (Wildman–Crippen LogP) is 4.86. The van der Waals surface area contributed by atoms with E-state index in [1.165, 1.54) is 25.3 Å². The van der Waals surface area contributed by atoms with Gasteiger partial charge in [0.05, 0.1) is 30.4 Å². The fraction of sp³-hybridized carbons (Fsp3) is 0.261. The third-order valence-electron chi connectivity index (χ3n) is 3.93. The molecule has 8 heteroatoms. The number of hydrogen-bond acceptors (Lipinski definition) is 6. The molecule has 0 aromatic heterocycles. The number of hydrogen-bond donors (Lipinski definition) is 1. The van der Waals surface area contributed by atoms with E-state index in [1.54, 1.807) is 24.3 Å². The van der Waals surface area contributed by atoms with Crippen LogP contribution >= 0.6 is 11.6 Å². The molecular formula is C23H23ClN2O5. The molecular weight excluding hydrogens is 420 g/mol. The van der Waals surface area contributed by atoms with Gasteiger partial charge in [0.2, 0.25) is 0 Å². The lowest BCUT2D eigenvalue weighted by Gasteiger charge is -2.16. The second-order valence-electron chi connectivity index (χ2n) is 6.62. The number of halogens is 1. The van der Waals surface area contributed by atoms with Crippen LogP contribution in [0.5, 0.6) is 11.5 Å². The Kier molecular flexibility index (Phi) is 8.47. The highest BCUT2D eigenvalue weighted by molar-refractivity contribution is 6.32. The number of ether oxygens (including phenoxy) is 3. The zero-order valence-electron chi connectivity index (χ0n) is 17.7. The fourth-order valence-corrected chi connectivity index (χ4v) is 2.87. The molecule has 0 saturated carbocycles. The average Bonchev–Trinajstić information content (AvgIpc) is 2.74. The largest absolute Gasteiger partial charge is 0.490 e. The number of carbonyl (C=O) groups is 2. The molecule has 0 atom stereocenters. The summed E-state index contributed by atoms with van der Waals surface area (Å²) in [6, 6.07) is 11.2. The van der Waals surface area contributed by atoms with Crippen LogP contribution in [0.1, 0.15) is 36.7 Å². The molecule has 0 aliphatic rings. The summed E-state index contributed by atoms with van der Waals surface area (Å²) in [5.74, 6) is -0.261. The van der Waals surface area contributed by atoms with Crippen molar-refractivity contribution in [3.8, 4) is 17.6 Å². The van der Waals surface area contributed by atoms with Crippen LogP contribution < -0.4 is 14.8 Å². The van der Waals surface area contributed by atoms with Gasteiger partial charge in [-0.1, -0.05) is 11.6 Å². The van der Waals surface area contributed by atoms with Crippen molar-refractivity contribution < 1.29 is 23.8 Å². The van der Waals surface area contributed by atoms with E-state index in [2.05, 4.69) is 10.1 Å². The summed E-state index contributed by atoms with van der Waals surface area (Å²) in [5.41, 5.74) is 1.15. The van der Waals surface area contributed by atoms with Crippen LogP contribution in [0.15, 0.2) is 42.0 Å². The Bertz CT molecular complexity index is 1020. The predicted molar refractivity (Wildman–Crippen MR) is 118 cm³/mol. The van der Waals surface area contributed by atoms with Crippen LogP contribution in [0.25, 0.3) is 6.08 Å². The number of benzene rings is 2. The molecule has 0 spiro atoms. The van der Waals surface area contributed by atoms with Crippen LogP contribution in [0, 0.1) is 11.3 Å². The highest BCUT2D eigenvalue weighted by Crippen LogP contribution is 2.38. The number of methoxy groups -OCH3 is 1. The normalized spacial score (nSPS) is 10.9. The number of rotatable bonds is 8. The van der Waals surface area contributed by atoms with E-state index in [0.717, 1.165) is 0 Å². The molecule has 0 fully saturated rings. The molecule has 0 heterocycles. The Morgan fingerprint density at radius 1 is 1.23 bits per heavy atom. The van der Waals surface area contributed by atoms with Gasteiger partial charge in [-0.2, -0.15) is 5.26 Å². The molecule has 0 aliphatic carbocycles. The van der Waals surface area contributed by atoms with Gasteiger partial charge in [0.15, 0.2) is 11.5 Å². The molecule has 0 aliphatic heterocycles. The number of carbonyl (C=O) groups excluding carboxylic acids is 2. The summed E-state index contributed by atoms with van der Waals surface area (Å²) in [7, 11) is 1.28. The quantitative estimate of drug-likeness (QED) is 0.356. The van der Waals surface area contributed by atoms with Gasteiger partial charge >= 0.3 is 5.97 Å². The summed E-state index contributed by atoms with van der Waals surface area (Å²) in [6.07, 6.45) is 1.30. The third-order valence-corrected chi connectivity index (χ3v) is 4.21. The van der Waals surface area contributed by atoms with E-state index < -0.39 is 11.9 Å². The Morgan fingerprint density at radius 3 is 2.45 bits per heavy atom. The Balaban J connectivity index is 2.28. The van der Waals surface area contributed by atoms with E-state index in [0.29, 0.717) is 39.9 Å². The Morgan fingerprint density at radius 2 is 1.90 bits per heavy atom. The van der Waals surface area contributed by atoms with E-state index in [4.69, 9.17) is 21.1 Å². The average molecular weight is 443 g/mol. The van der Waals surface area contributed by atoms with Gasteiger partial charge < -0.3 is 19.5 Å². The van der Waals surface area contributed by atoms with Crippen molar-refractivity contribution >= 4 is 35.2 Å². The standard InChI is InChI=1S/C23H23ClN2O5/c1-5-30-20-12-15(11-19(24)21(20)31-14(2)3)10-17(13-25)22(27)26-18-8-6-16(7-9-18)23(28)29-4/h6-12,14H,5H2,1-4H3,(H,26,27)/b17-10+. The minimum Gasteiger partial charge on any atom is -0.490 e. The van der Waals surface area contributed by atoms with Gasteiger partial charge in [-0.15, -0.1) is 0 Å². The summed E-state index contributed by atoms with van der Waals surface area (Å²) in [5, 5.41) is 12.4. The summed E-state index contributed by atoms with van der Waals surface area (Å²) in [4.78, 5) is 24.0. The number of nitrogens with zero attached hydrogens (tertiary/aromatic N) is 1. The molecule has 162 valence electrons. The molecule has 0 radical (unpaired) electrons. The van der Waals surface area contributed by atoms with Crippen LogP contribution in [-0.4, -0.2) is 31.7 Å². The van der Waals surface area contributed by atoms with E-state index >= 15 is 0 Å². The lowest BCUT2D eigenvalue weighted by Crippen LogP contribution is -2.13. The molecule has 2 aromatic rings. The highest BCUT2D eigenvalue weighted by Gasteiger charge is 2.16. The maximum absolute atomic E-state index is 12.5. The number of nitrogens with one attached hydrogen (secondary N) is 1. The Hall–Kier alpha value is -3.50. The SMILES string of the molecule is CCOc1cc(/C=C(\C#N)C(=O)Nc2ccc(C(=O)OC)cc2)cc(Cl)c1OC(C)C. The smallest absolute Gasteiger partial charge is 0.337 e. The zero-order chi connectivity index (χ0) is 23.0. The molecule has 1 amide bonds. The lowest BCUT2D eigenvalue weighted by atomic mass is 10.1. The summed E-state index contributed by atoms with van der Waals surface area (Å²) < 4.78 is 16.0. The molecule has 0 saturated heterocycles. The van der Waals surface area contributed by atoms with Crippen molar-refractivity contribution in [3.05, 3.63) is 58.1 Å². The lowest BCUT2D eigenvalue weighted by molar-refractivity contribution is -0.112. The third kappa shape index (κ3) is 6.49. The van der Waals surface area contributed by atoms with Gasteiger partial charge in [-0.25, -0.2) is 4.79 Å². The summed E-state index contributed by atoms with van der Waals surface area (Å²) in [6.45, 7) is 5.96. The van der Waals surface area contributed by atoms with Crippen molar-refractivity contribution in [2.24, 2.45) is 0 Å². The highest BCUT2D eigenvalue weighted by atomic mass is 35.5. The number of nitriles is 1. The Labute approximate surface area is 186 Å². The zero-order valence-corrected chi connectivity index (χ0v) is 18.4. The first-order valence-corrected chi connectivity index (χ1v) is 9.91. The van der Waals surface area contributed by atoms with Crippen molar-refractivity contribution in [1.82, 2.24) is 0 Å². The van der Waals surface area contributed by atoms with Crippen molar-refractivity contribution in [2.75, 3.05) is 19.0 Å². The second-order valence-corrected chi connectivity index (χ2v) is 7.03. The summed E-state index contributed by atoms with van der Waals surface area (Å²) >= 11 is 6.35. The van der Waals surface area contributed by atoms with E-state index in [1.807, 2.05) is 26.8 Å². The van der Waals surface area contributed by atoms with Gasteiger partial charge in [0, 0.05) is 5.69 Å². The maximum Gasteiger partial charge on any atom is 0.337 e. The van der Waals surface area contributed by atoms with Gasteiger partial charge in [0.25, 0.3) is 5.91 Å². The van der Waals surface area contributed by atoms with Crippen LogP contribution in [0.3, 0.4) is 0 Å². The van der Waals surface area contributed by atoms with Gasteiger partial charge in [-0.05, 0) is 68.8 Å². The van der Waals surface area contributed by atoms with Crippen LogP contribution in [-0.2, 0) is 9.53 Å².